The highest BCUT2D eigenvalue weighted by Crippen LogP contribution is 2.24. The van der Waals surface area contributed by atoms with Crippen LogP contribution >= 0.6 is 0 Å². The van der Waals surface area contributed by atoms with Gasteiger partial charge < -0.3 is 5.11 Å². The Labute approximate surface area is 105 Å². The van der Waals surface area contributed by atoms with E-state index in [4.69, 9.17) is 10.4 Å². The van der Waals surface area contributed by atoms with Gasteiger partial charge >= 0.3 is 5.97 Å². The average molecular weight is 237 g/mol. The van der Waals surface area contributed by atoms with Crippen molar-refractivity contribution in [1.82, 2.24) is 0 Å². The number of carboxylic acid groups (broad SMARTS) is 1. The van der Waals surface area contributed by atoms with E-state index in [0.29, 0.717) is 6.42 Å². The minimum Gasteiger partial charge on any atom is -0.478 e. The summed E-state index contributed by atoms with van der Waals surface area (Å²) in [6, 6.07) is 16.4. The summed E-state index contributed by atoms with van der Waals surface area (Å²) in [6.07, 6.45) is 0.344. The van der Waals surface area contributed by atoms with Crippen LogP contribution in [0.4, 0.5) is 0 Å². The van der Waals surface area contributed by atoms with Crippen LogP contribution in [-0.4, -0.2) is 11.1 Å². The standard InChI is InChI=1S/C15H11NO2/c16-10-9-11-3-1-2-4-14(11)12-5-7-13(8-6-12)15(17)18/h1-8H,9H2,(H,17,18). The summed E-state index contributed by atoms with van der Waals surface area (Å²) in [5, 5.41) is 17.6. The van der Waals surface area contributed by atoms with E-state index in [1.807, 2.05) is 24.3 Å². The van der Waals surface area contributed by atoms with Crippen LogP contribution in [0.2, 0.25) is 0 Å². The maximum Gasteiger partial charge on any atom is 0.335 e. The van der Waals surface area contributed by atoms with E-state index in [9.17, 15) is 4.79 Å². The van der Waals surface area contributed by atoms with Crippen molar-refractivity contribution in [1.29, 1.82) is 5.26 Å². The molecule has 2 rings (SSSR count). The Morgan fingerprint density at radius 2 is 1.78 bits per heavy atom. The maximum atomic E-state index is 10.8. The Kier molecular flexibility index (Phi) is 3.40. The van der Waals surface area contributed by atoms with E-state index in [2.05, 4.69) is 6.07 Å². The van der Waals surface area contributed by atoms with Gasteiger partial charge in [0, 0.05) is 0 Å². The van der Waals surface area contributed by atoms with Crippen LogP contribution in [0.25, 0.3) is 11.1 Å². The second-order valence-electron chi connectivity index (χ2n) is 3.87. The molecule has 0 amide bonds. The fourth-order valence-electron chi connectivity index (χ4n) is 1.83. The summed E-state index contributed by atoms with van der Waals surface area (Å²) in [5.74, 6) is -0.938. The van der Waals surface area contributed by atoms with Gasteiger partial charge in [0.2, 0.25) is 0 Å². The van der Waals surface area contributed by atoms with E-state index in [0.717, 1.165) is 16.7 Å². The number of carbonyl (C=O) groups is 1. The van der Waals surface area contributed by atoms with Crippen molar-refractivity contribution in [3.63, 3.8) is 0 Å². The highest BCUT2D eigenvalue weighted by Gasteiger charge is 2.06. The van der Waals surface area contributed by atoms with Crippen LogP contribution in [0.3, 0.4) is 0 Å². The van der Waals surface area contributed by atoms with Crippen LogP contribution in [0.15, 0.2) is 48.5 Å². The topological polar surface area (TPSA) is 61.1 Å². The fourth-order valence-corrected chi connectivity index (χ4v) is 1.83. The largest absolute Gasteiger partial charge is 0.478 e. The molecule has 0 heterocycles. The summed E-state index contributed by atoms with van der Waals surface area (Å²) < 4.78 is 0. The molecule has 88 valence electrons. The first-order valence-electron chi connectivity index (χ1n) is 5.51. The Morgan fingerprint density at radius 3 is 2.39 bits per heavy atom. The number of aromatic carboxylic acids is 1. The highest BCUT2D eigenvalue weighted by atomic mass is 16.4. The molecule has 0 spiro atoms. The van der Waals surface area contributed by atoms with Crippen molar-refractivity contribution < 1.29 is 9.90 Å². The second kappa shape index (κ2) is 5.15. The lowest BCUT2D eigenvalue weighted by Gasteiger charge is -2.07. The molecule has 0 aliphatic carbocycles. The van der Waals surface area contributed by atoms with E-state index in [1.54, 1.807) is 24.3 Å². The van der Waals surface area contributed by atoms with Gasteiger partial charge in [0.1, 0.15) is 0 Å². The second-order valence-corrected chi connectivity index (χ2v) is 3.87. The first-order chi connectivity index (χ1) is 8.72. The number of hydrogen-bond donors (Lipinski definition) is 1. The van der Waals surface area contributed by atoms with E-state index < -0.39 is 5.97 Å². The van der Waals surface area contributed by atoms with Crippen LogP contribution in [0, 0.1) is 11.3 Å². The molecule has 0 aliphatic heterocycles. The van der Waals surface area contributed by atoms with Crippen molar-refractivity contribution in [3.8, 4) is 17.2 Å². The molecule has 0 fully saturated rings. The molecule has 2 aromatic rings. The summed E-state index contributed by atoms with van der Waals surface area (Å²) >= 11 is 0. The number of rotatable bonds is 3. The molecular formula is C15H11NO2. The third kappa shape index (κ3) is 2.38. The fraction of sp³-hybridized carbons (Fsp3) is 0.0667. The molecule has 3 heteroatoms. The van der Waals surface area contributed by atoms with Crippen LogP contribution in [-0.2, 0) is 6.42 Å². The Bertz CT molecular complexity index is 609. The number of nitrogens with zero attached hydrogens (tertiary/aromatic N) is 1. The smallest absolute Gasteiger partial charge is 0.335 e. The Morgan fingerprint density at radius 1 is 1.11 bits per heavy atom. The van der Waals surface area contributed by atoms with Gasteiger partial charge in [0.25, 0.3) is 0 Å². The van der Waals surface area contributed by atoms with Gasteiger partial charge in [-0.3, -0.25) is 0 Å². The Hall–Kier alpha value is -2.60. The molecule has 1 N–H and O–H groups in total. The van der Waals surface area contributed by atoms with Gasteiger partial charge in [-0.1, -0.05) is 36.4 Å². The van der Waals surface area contributed by atoms with E-state index in [-0.39, 0.29) is 5.56 Å². The highest BCUT2D eigenvalue weighted by molar-refractivity contribution is 5.88. The molecule has 0 radical (unpaired) electrons. The third-order valence-corrected chi connectivity index (χ3v) is 2.73. The van der Waals surface area contributed by atoms with Crippen LogP contribution in [0.1, 0.15) is 15.9 Å². The average Bonchev–Trinajstić information content (AvgIpc) is 2.40. The van der Waals surface area contributed by atoms with Gasteiger partial charge in [-0.05, 0) is 28.8 Å². The van der Waals surface area contributed by atoms with Crippen molar-refractivity contribution in [2.45, 2.75) is 6.42 Å². The minimum atomic E-state index is -0.938. The van der Waals surface area contributed by atoms with E-state index in [1.165, 1.54) is 0 Å². The monoisotopic (exact) mass is 237 g/mol. The lowest BCUT2D eigenvalue weighted by molar-refractivity contribution is 0.0697. The molecular weight excluding hydrogens is 226 g/mol. The van der Waals surface area contributed by atoms with Crippen molar-refractivity contribution in [3.05, 3.63) is 59.7 Å². The minimum absolute atomic E-state index is 0.261. The van der Waals surface area contributed by atoms with E-state index >= 15 is 0 Å². The molecule has 0 aliphatic rings. The van der Waals surface area contributed by atoms with Crippen molar-refractivity contribution in [2.75, 3.05) is 0 Å². The molecule has 0 unspecified atom stereocenters. The zero-order valence-electron chi connectivity index (χ0n) is 9.63. The molecule has 0 saturated carbocycles. The zero-order chi connectivity index (χ0) is 13.0. The molecule has 0 bridgehead atoms. The Balaban J connectivity index is 2.43. The van der Waals surface area contributed by atoms with Crippen molar-refractivity contribution >= 4 is 5.97 Å². The quantitative estimate of drug-likeness (QED) is 0.892. The SMILES string of the molecule is N#CCc1ccccc1-c1ccc(C(=O)O)cc1. The summed E-state index contributed by atoms with van der Waals surface area (Å²) in [7, 11) is 0. The van der Waals surface area contributed by atoms with Gasteiger partial charge in [-0.25, -0.2) is 4.79 Å². The summed E-state index contributed by atoms with van der Waals surface area (Å²) in [6.45, 7) is 0. The predicted molar refractivity (Wildman–Crippen MR) is 68.2 cm³/mol. The first-order valence-corrected chi connectivity index (χ1v) is 5.51. The number of nitriles is 1. The van der Waals surface area contributed by atoms with Gasteiger partial charge in [0.15, 0.2) is 0 Å². The number of hydrogen-bond acceptors (Lipinski definition) is 2. The lowest BCUT2D eigenvalue weighted by Crippen LogP contribution is -1.95. The third-order valence-electron chi connectivity index (χ3n) is 2.73. The predicted octanol–water partition coefficient (Wildman–Crippen LogP) is 3.12. The zero-order valence-corrected chi connectivity index (χ0v) is 9.63. The number of benzene rings is 2. The summed E-state index contributed by atoms with van der Waals surface area (Å²) in [4.78, 5) is 10.8. The van der Waals surface area contributed by atoms with Crippen LogP contribution < -0.4 is 0 Å². The molecule has 3 nitrogen and oxygen atoms in total. The summed E-state index contributed by atoms with van der Waals surface area (Å²) in [5.41, 5.74) is 3.10. The van der Waals surface area contributed by atoms with Crippen molar-refractivity contribution in [2.24, 2.45) is 0 Å². The molecule has 0 aromatic heterocycles. The first kappa shape index (κ1) is 11.9. The van der Waals surface area contributed by atoms with Gasteiger partial charge in [-0.2, -0.15) is 5.26 Å². The molecule has 18 heavy (non-hydrogen) atoms. The van der Waals surface area contributed by atoms with Gasteiger partial charge in [-0.15, -0.1) is 0 Å². The molecule has 0 saturated heterocycles. The number of carboxylic acids is 1. The van der Waals surface area contributed by atoms with Gasteiger partial charge in [0.05, 0.1) is 18.1 Å². The molecule has 2 aromatic carbocycles. The normalized spacial score (nSPS) is 9.72. The molecule has 0 atom stereocenters. The maximum absolute atomic E-state index is 10.8. The van der Waals surface area contributed by atoms with Crippen LogP contribution in [0.5, 0.6) is 0 Å². The lowest BCUT2D eigenvalue weighted by atomic mass is 9.97.